The van der Waals surface area contributed by atoms with Crippen molar-refractivity contribution in [1.29, 1.82) is 0 Å². The van der Waals surface area contributed by atoms with Gasteiger partial charge in [0.05, 0.1) is 25.5 Å². The Bertz CT molecular complexity index is 346. The van der Waals surface area contributed by atoms with E-state index < -0.39 is 5.82 Å². The number of hydrogen-bond donors (Lipinski definition) is 0. The number of ether oxygens (including phenoxy) is 2. The van der Waals surface area contributed by atoms with Crippen molar-refractivity contribution < 1.29 is 13.9 Å². The Kier molecular flexibility index (Phi) is 3.14. The van der Waals surface area contributed by atoms with Gasteiger partial charge in [-0.1, -0.05) is 11.6 Å². The van der Waals surface area contributed by atoms with Crippen LogP contribution >= 0.6 is 11.6 Å². The molecular weight excluding hydrogens is 223 g/mol. The molecule has 1 atom stereocenters. The Balaban J connectivity index is 2.27. The number of aryl methyl sites for hydroxylation is 1. The monoisotopic (exact) mass is 232 g/mol. The van der Waals surface area contributed by atoms with Crippen LogP contribution in [0.25, 0.3) is 0 Å². The summed E-state index contributed by atoms with van der Waals surface area (Å²) in [6, 6.07) is 0. The molecule has 2 rings (SSSR count). The summed E-state index contributed by atoms with van der Waals surface area (Å²) in [6.45, 7) is 2.96. The van der Waals surface area contributed by atoms with E-state index >= 15 is 0 Å². The molecule has 82 valence electrons. The van der Waals surface area contributed by atoms with Crippen LogP contribution in [0.3, 0.4) is 0 Å². The minimum atomic E-state index is -0.586. The summed E-state index contributed by atoms with van der Waals surface area (Å²) in [5, 5.41) is -0.174. The summed E-state index contributed by atoms with van der Waals surface area (Å²) in [4.78, 5) is 7.81. The van der Waals surface area contributed by atoms with Crippen molar-refractivity contribution in [3.63, 3.8) is 0 Å². The van der Waals surface area contributed by atoms with Gasteiger partial charge in [-0.3, -0.25) is 0 Å². The van der Waals surface area contributed by atoms with E-state index in [2.05, 4.69) is 9.97 Å². The highest BCUT2D eigenvalue weighted by Gasteiger charge is 2.21. The molecule has 0 radical (unpaired) electrons. The van der Waals surface area contributed by atoms with Crippen LogP contribution in [0.4, 0.5) is 4.39 Å². The maximum absolute atomic E-state index is 13.1. The topological polar surface area (TPSA) is 44.2 Å². The lowest BCUT2D eigenvalue weighted by Crippen LogP contribution is -2.24. The van der Waals surface area contributed by atoms with Crippen LogP contribution in [0.1, 0.15) is 17.6 Å². The predicted molar refractivity (Wildman–Crippen MR) is 51.2 cm³/mol. The molecule has 15 heavy (non-hydrogen) atoms. The van der Waals surface area contributed by atoms with E-state index in [0.717, 1.165) is 0 Å². The molecule has 1 aromatic rings. The maximum Gasteiger partial charge on any atom is 0.181 e. The van der Waals surface area contributed by atoms with Gasteiger partial charge < -0.3 is 9.47 Å². The highest BCUT2D eigenvalue weighted by atomic mass is 35.5. The molecule has 0 spiro atoms. The zero-order chi connectivity index (χ0) is 10.8. The highest BCUT2D eigenvalue weighted by molar-refractivity contribution is 6.29. The fraction of sp³-hybridized carbons (Fsp3) is 0.556. The molecule has 0 aromatic carbocycles. The minimum absolute atomic E-state index is 0.174. The van der Waals surface area contributed by atoms with E-state index in [-0.39, 0.29) is 17.0 Å². The van der Waals surface area contributed by atoms with Gasteiger partial charge in [0, 0.05) is 0 Å². The third-order valence-corrected chi connectivity index (χ3v) is 2.35. The van der Waals surface area contributed by atoms with Gasteiger partial charge in [0.25, 0.3) is 0 Å². The van der Waals surface area contributed by atoms with Crippen molar-refractivity contribution in [3.8, 4) is 0 Å². The van der Waals surface area contributed by atoms with Crippen molar-refractivity contribution >= 4 is 11.6 Å². The van der Waals surface area contributed by atoms with Crippen LogP contribution in [0, 0.1) is 12.7 Å². The molecule has 2 heterocycles. The lowest BCUT2D eigenvalue weighted by atomic mass is 10.3. The molecule has 1 unspecified atom stereocenters. The van der Waals surface area contributed by atoms with Gasteiger partial charge in [0.1, 0.15) is 6.10 Å². The van der Waals surface area contributed by atoms with Crippen LogP contribution in [0.2, 0.25) is 5.15 Å². The molecule has 6 heteroatoms. The predicted octanol–water partition coefficient (Wildman–Crippen LogP) is 1.67. The van der Waals surface area contributed by atoms with E-state index in [1.165, 1.54) is 6.92 Å². The first kappa shape index (κ1) is 10.7. The summed E-state index contributed by atoms with van der Waals surface area (Å²) in [5.41, 5.74) is 0.221. The number of halogens is 2. The van der Waals surface area contributed by atoms with Gasteiger partial charge in [0.2, 0.25) is 0 Å². The molecule has 0 aliphatic carbocycles. The SMILES string of the molecule is Cc1nc(C2COCCO2)nc(Cl)c1F. The molecule has 4 nitrogen and oxygen atoms in total. The van der Waals surface area contributed by atoms with Crippen LogP contribution in [0.15, 0.2) is 0 Å². The molecule has 1 aliphatic rings. The normalized spacial score (nSPS) is 21.7. The van der Waals surface area contributed by atoms with Crippen molar-refractivity contribution in [2.75, 3.05) is 19.8 Å². The Morgan fingerprint density at radius 3 is 2.80 bits per heavy atom. The first-order valence-corrected chi connectivity index (χ1v) is 4.95. The zero-order valence-corrected chi connectivity index (χ0v) is 8.92. The minimum Gasteiger partial charge on any atom is -0.376 e. The molecule has 0 bridgehead atoms. The van der Waals surface area contributed by atoms with Crippen molar-refractivity contribution in [2.45, 2.75) is 13.0 Å². The second kappa shape index (κ2) is 4.38. The van der Waals surface area contributed by atoms with Crippen molar-refractivity contribution in [1.82, 2.24) is 9.97 Å². The Labute approximate surface area is 91.4 Å². The molecular formula is C9H10ClFN2O2. The van der Waals surface area contributed by atoms with Gasteiger partial charge in [0.15, 0.2) is 16.8 Å². The fourth-order valence-corrected chi connectivity index (χ4v) is 1.55. The van der Waals surface area contributed by atoms with Gasteiger partial charge in [-0.05, 0) is 6.92 Å². The number of aromatic nitrogens is 2. The van der Waals surface area contributed by atoms with Crippen molar-refractivity contribution in [3.05, 3.63) is 22.5 Å². The van der Waals surface area contributed by atoms with Crippen LogP contribution in [0.5, 0.6) is 0 Å². The van der Waals surface area contributed by atoms with E-state index in [1.807, 2.05) is 0 Å². The fourth-order valence-electron chi connectivity index (χ4n) is 1.33. The second-order valence-corrected chi connectivity index (χ2v) is 3.56. The van der Waals surface area contributed by atoms with Gasteiger partial charge >= 0.3 is 0 Å². The second-order valence-electron chi connectivity index (χ2n) is 3.21. The molecule has 0 saturated carbocycles. The lowest BCUT2D eigenvalue weighted by molar-refractivity contribution is -0.0936. The van der Waals surface area contributed by atoms with Crippen LogP contribution in [-0.4, -0.2) is 29.8 Å². The molecule has 1 aliphatic heterocycles. The Hall–Kier alpha value is -0.780. The van der Waals surface area contributed by atoms with Gasteiger partial charge in [-0.2, -0.15) is 0 Å². The van der Waals surface area contributed by atoms with Gasteiger partial charge in [-0.15, -0.1) is 0 Å². The summed E-state index contributed by atoms with van der Waals surface area (Å²) in [6.07, 6.45) is -0.351. The summed E-state index contributed by atoms with van der Waals surface area (Å²) in [5.74, 6) is -0.212. The van der Waals surface area contributed by atoms with Crippen molar-refractivity contribution in [2.24, 2.45) is 0 Å². The maximum atomic E-state index is 13.1. The molecule has 1 saturated heterocycles. The highest BCUT2D eigenvalue weighted by Crippen LogP contribution is 2.21. The van der Waals surface area contributed by atoms with E-state index in [1.54, 1.807) is 0 Å². The average molecular weight is 233 g/mol. The number of rotatable bonds is 1. The molecule has 0 N–H and O–H groups in total. The third-order valence-electron chi connectivity index (χ3n) is 2.10. The molecule has 0 amide bonds. The average Bonchev–Trinajstić information content (AvgIpc) is 2.26. The Morgan fingerprint density at radius 2 is 2.20 bits per heavy atom. The Morgan fingerprint density at radius 1 is 1.40 bits per heavy atom. The summed E-state index contributed by atoms with van der Waals surface area (Å²) in [7, 11) is 0. The van der Waals surface area contributed by atoms with E-state index in [0.29, 0.717) is 25.6 Å². The third kappa shape index (κ3) is 2.25. The van der Waals surface area contributed by atoms with E-state index in [9.17, 15) is 4.39 Å². The summed E-state index contributed by atoms with van der Waals surface area (Å²) >= 11 is 5.62. The standard InChI is InChI=1S/C9H10ClFN2O2/c1-5-7(11)8(10)13-9(12-5)6-4-14-2-3-15-6/h6H,2-4H2,1H3. The van der Waals surface area contributed by atoms with Gasteiger partial charge in [-0.25, -0.2) is 14.4 Å². The quantitative estimate of drug-likeness (QED) is 0.691. The smallest absolute Gasteiger partial charge is 0.181 e. The largest absolute Gasteiger partial charge is 0.376 e. The van der Waals surface area contributed by atoms with E-state index in [4.69, 9.17) is 21.1 Å². The number of nitrogens with zero attached hydrogens (tertiary/aromatic N) is 2. The molecule has 1 fully saturated rings. The first-order valence-electron chi connectivity index (χ1n) is 4.57. The zero-order valence-electron chi connectivity index (χ0n) is 8.17. The lowest BCUT2D eigenvalue weighted by Gasteiger charge is -2.21. The number of hydrogen-bond acceptors (Lipinski definition) is 4. The van der Waals surface area contributed by atoms with Crippen LogP contribution in [-0.2, 0) is 9.47 Å². The van der Waals surface area contributed by atoms with Crippen LogP contribution < -0.4 is 0 Å². The summed E-state index contributed by atoms with van der Waals surface area (Å²) < 4.78 is 23.7. The first-order chi connectivity index (χ1) is 7.18. The molecule has 1 aromatic heterocycles.